The van der Waals surface area contributed by atoms with Gasteiger partial charge in [-0.3, -0.25) is 4.99 Å². The summed E-state index contributed by atoms with van der Waals surface area (Å²) in [6.45, 7) is 2.77. The fraction of sp³-hybridized carbons (Fsp3) is 0.150. The Morgan fingerprint density at radius 1 is 1.04 bits per heavy atom. The van der Waals surface area contributed by atoms with Gasteiger partial charge in [0.05, 0.1) is 12.3 Å². The molecule has 24 heavy (non-hydrogen) atoms. The first-order chi connectivity index (χ1) is 11.8. The van der Waals surface area contributed by atoms with Gasteiger partial charge in [0.15, 0.2) is 11.5 Å². The van der Waals surface area contributed by atoms with Crippen molar-refractivity contribution in [3.8, 4) is 17.2 Å². The van der Waals surface area contributed by atoms with Crippen LogP contribution in [0.5, 0.6) is 17.2 Å². The van der Waals surface area contributed by atoms with Crippen molar-refractivity contribution in [3.05, 3.63) is 60.2 Å². The molecule has 0 fully saturated rings. The Morgan fingerprint density at radius 2 is 1.83 bits per heavy atom. The van der Waals surface area contributed by atoms with Crippen LogP contribution in [0.2, 0.25) is 0 Å². The average molecular weight is 319 g/mol. The molecule has 0 atom stereocenters. The summed E-state index contributed by atoms with van der Waals surface area (Å²) in [4.78, 5) is 4.67. The van der Waals surface area contributed by atoms with Crippen LogP contribution in [-0.4, -0.2) is 19.6 Å². The van der Waals surface area contributed by atoms with Crippen LogP contribution in [0.4, 0.5) is 5.69 Å². The van der Waals surface area contributed by atoms with Crippen LogP contribution in [-0.2, 0) is 0 Å². The number of rotatable bonds is 4. The van der Waals surface area contributed by atoms with E-state index in [1.807, 2.05) is 49.5 Å². The lowest BCUT2D eigenvalue weighted by molar-refractivity contribution is 0.174. The number of nitrogens with zero attached hydrogens (tertiary/aromatic N) is 1. The molecule has 120 valence electrons. The number of aliphatic imine (C=N–C) groups is 1. The van der Waals surface area contributed by atoms with E-state index < -0.39 is 0 Å². The van der Waals surface area contributed by atoms with E-state index in [1.165, 1.54) is 5.39 Å². The van der Waals surface area contributed by atoms with Gasteiger partial charge in [-0.25, -0.2) is 0 Å². The summed E-state index contributed by atoms with van der Waals surface area (Å²) in [7, 11) is 0. The first kappa shape index (κ1) is 14.6. The van der Waals surface area contributed by atoms with Gasteiger partial charge in [0, 0.05) is 23.2 Å². The van der Waals surface area contributed by atoms with E-state index >= 15 is 0 Å². The highest BCUT2D eigenvalue weighted by Gasteiger charge is 2.17. The third-order valence-electron chi connectivity index (χ3n) is 3.91. The molecule has 0 bridgehead atoms. The van der Waals surface area contributed by atoms with E-state index in [2.05, 4.69) is 23.2 Å². The van der Waals surface area contributed by atoms with Gasteiger partial charge >= 0.3 is 0 Å². The zero-order valence-electron chi connectivity index (χ0n) is 13.4. The van der Waals surface area contributed by atoms with Gasteiger partial charge in [0.1, 0.15) is 5.75 Å². The van der Waals surface area contributed by atoms with Crippen molar-refractivity contribution in [1.82, 2.24) is 0 Å². The van der Waals surface area contributed by atoms with Crippen LogP contribution in [0.15, 0.2) is 59.6 Å². The summed E-state index contributed by atoms with van der Waals surface area (Å²) in [5.41, 5.74) is 1.79. The molecule has 4 nitrogen and oxygen atoms in total. The molecule has 3 aromatic rings. The number of hydrogen-bond donors (Lipinski definition) is 0. The summed E-state index contributed by atoms with van der Waals surface area (Å²) < 4.78 is 16.6. The van der Waals surface area contributed by atoms with Crippen LogP contribution in [0, 0.1) is 0 Å². The fourth-order valence-corrected chi connectivity index (χ4v) is 2.78. The van der Waals surface area contributed by atoms with Crippen LogP contribution in [0.3, 0.4) is 0 Å². The zero-order chi connectivity index (χ0) is 16.4. The second-order valence-electron chi connectivity index (χ2n) is 5.43. The molecule has 4 heteroatoms. The fourth-order valence-electron chi connectivity index (χ4n) is 2.78. The summed E-state index contributed by atoms with van der Waals surface area (Å²) in [5, 5.41) is 2.29. The van der Waals surface area contributed by atoms with E-state index in [0.29, 0.717) is 12.4 Å². The van der Waals surface area contributed by atoms with Crippen molar-refractivity contribution in [2.45, 2.75) is 6.92 Å². The largest absolute Gasteiger partial charge is 0.493 e. The van der Waals surface area contributed by atoms with Crippen molar-refractivity contribution < 1.29 is 14.2 Å². The standard InChI is InChI=1S/C20H17NO3/c1-2-22-18-11-20-19(23-13-24-20)10-15(18)12-21-17-9-5-7-14-6-3-4-8-16(14)17/h3-12H,2,13H2,1H3. The van der Waals surface area contributed by atoms with Crippen LogP contribution in [0.25, 0.3) is 10.8 Å². The number of fused-ring (bicyclic) bond motifs is 2. The number of ether oxygens (including phenoxy) is 3. The lowest BCUT2D eigenvalue weighted by Crippen LogP contribution is -1.96. The lowest BCUT2D eigenvalue weighted by atomic mass is 10.1. The molecule has 1 heterocycles. The number of benzene rings is 3. The lowest BCUT2D eigenvalue weighted by Gasteiger charge is -2.08. The van der Waals surface area contributed by atoms with Gasteiger partial charge in [-0.2, -0.15) is 0 Å². The van der Waals surface area contributed by atoms with E-state index in [0.717, 1.165) is 28.1 Å². The second kappa shape index (κ2) is 6.24. The minimum Gasteiger partial charge on any atom is -0.493 e. The minimum absolute atomic E-state index is 0.241. The van der Waals surface area contributed by atoms with Gasteiger partial charge in [0.25, 0.3) is 0 Å². The van der Waals surface area contributed by atoms with Crippen molar-refractivity contribution in [2.75, 3.05) is 13.4 Å². The molecule has 0 radical (unpaired) electrons. The SMILES string of the molecule is CCOc1cc2c(cc1C=Nc1cccc3ccccc13)OCO2. The summed E-state index contributed by atoms with van der Waals surface area (Å²) in [5.74, 6) is 2.17. The first-order valence-electron chi connectivity index (χ1n) is 7.93. The highest BCUT2D eigenvalue weighted by molar-refractivity contribution is 5.96. The van der Waals surface area contributed by atoms with Gasteiger partial charge in [-0.1, -0.05) is 36.4 Å². The van der Waals surface area contributed by atoms with E-state index in [-0.39, 0.29) is 6.79 Å². The molecule has 0 aromatic heterocycles. The summed E-state index contributed by atoms with van der Waals surface area (Å²) in [6, 6.07) is 18.1. The molecule has 0 amide bonds. The van der Waals surface area contributed by atoms with Crippen molar-refractivity contribution in [3.63, 3.8) is 0 Å². The normalized spacial score (nSPS) is 12.9. The molecule has 1 aliphatic rings. The molecule has 0 saturated heterocycles. The molecule has 0 aliphatic carbocycles. The molecule has 0 saturated carbocycles. The smallest absolute Gasteiger partial charge is 0.231 e. The van der Waals surface area contributed by atoms with Gasteiger partial charge in [-0.15, -0.1) is 0 Å². The second-order valence-corrected chi connectivity index (χ2v) is 5.43. The Bertz CT molecular complexity index is 913. The Labute approximate surface area is 140 Å². The molecule has 4 rings (SSSR count). The Kier molecular flexibility index (Phi) is 3.79. The maximum absolute atomic E-state index is 5.71. The molecule has 0 N–H and O–H groups in total. The van der Waals surface area contributed by atoms with E-state index in [1.54, 1.807) is 0 Å². The van der Waals surface area contributed by atoms with E-state index in [4.69, 9.17) is 14.2 Å². The Morgan fingerprint density at radius 3 is 2.71 bits per heavy atom. The third-order valence-corrected chi connectivity index (χ3v) is 3.91. The summed E-state index contributed by atoms with van der Waals surface area (Å²) >= 11 is 0. The number of hydrogen-bond acceptors (Lipinski definition) is 4. The Balaban J connectivity index is 1.75. The molecule has 3 aromatic carbocycles. The molecular formula is C20H17NO3. The van der Waals surface area contributed by atoms with Crippen LogP contribution in [0.1, 0.15) is 12.5 Å². The van der Waals surface area contributed by atoms with Crippen molar-refractivity contribution in [2.24, 2.45) is 4.99 Å². The summed E-state index contributed by atoms with van der Waals surface area (Å²) in [6.07, 6.45) is 1.81. The van der Waals surface area contributed by atoms with Gasteiger partial charge in [-0.05, 0) is 24.4 Å². The predicted molar refractivity (Wildman–Crippen MR) is 94.9 cm³/mol. The van der Waals surface area contributed by atoms with Crippen LogP contribution >= 0.6 is 0 Å². The van der Waals surface area contributed by atoms with Gasteiger partial charge < -0.3 is 14.2 Å². The zero-order valence-corrected chi connectivity index (χ0v) is 13.4. The van der Waals surface area contributed by atoms with Crippen LogP contribution < -0.4 is 14.2 Å². The Hall–Kier alpha value is -3.01. The third kappa shape index (κ3) is 2.67. The molecular weight excluding hydrogens is 302 g/mol. The first-order valence-corrected chi connectivity index (χ1v) is 7.93. The highest BCUT2D eigenvalue weighted by atomic mass is 16.7. The van der Waals surface area contributed by atoms with Gasteiger partial charge in [0.2, 0.25) is 6.79 Å². The van der Waals surface area contributed by atoms with E-state index in [9.17, 15) is 0 Å². The predicted octanol–water partition coefficient (Wildman–Crippen LogP) is 4.72. The quantitative estimate of drug-likeness (QED) is 0.653. The maximum Gasteiger partial charge on any atom is 0.231 e. The van der Waals surface area contributed by atoms with Crippen molar-refractivity contribution >= 4 is 22.7 Å². The monoisotopic (exact) mass is 319 g/mol. The molecule has 0 unspecified atom stereocenters. The van der Waals surface area contributed by atoms with Crippen molar-refractivity contribution in [1.29, 1.82) is 0 Å². The molecule has 0 spiro atoms. The maximum atomic E-state index is 5.71. The minimum atomic E-state index is 0.241. The molecule has 1 aliphatic heterocycles. The topological polar surface area (TPSA) is 40.0 Å². The highest BCUT2D eigenvalue weighted by Crippen LogP contribution is 2.38. The average Bonchev–Trinajstić information content (AvgIpc) is 3.07.